The van der Waals surface area contributed by atoms with Crippen LogP contribution < -0.4 is 5.32 Å². The Balaban J connectivity index is 1.86. The first-order chi connectivity index (χ1) is 7.58. The summed E-state index contributed by atoms with van der Waals surface area (Å²) in [5.41, 5.74) is 0. The molecule has 0 aromatic carbocycles. The lowest BCUT2D eigenvalue weighted by molar-refractivity contribution is -0.146. The van der Waals surface area contributed by atoms with E-state index in [9.17, 15) is 9.59 Å². The summed E-state index contributed by atoms with van der Waals surface area (Å²) < 4.78 is 0. The highest BCUT2D eigenvalue weighted by Crippen LogP contribution is 2.33. The number of hydrogen-bond acceptors (Lipinski definition) is 2. The predicted molar refractivity (Wildman–Crippen MR) is 58.8 cm³/mol. The van der Waals surface area contributed by atoms with Crippen LogP contribution in [0.25, 0.3) is 0 Å². The minimum atomic E-state index is -0.820. The lowest BCUT2D eigenvalue weighted by Crippen LogP contribution is -2.47. The van der Waals surface area contributed by atoms with Crippen molar-refractivity contribution in [2.75, 3.05) is 0 Å². The Morgan fingerprint density at radius 1 is 1.19 bits per heavy atom. The Morgan fingerprint density at radius 2 is 1.81 bits per heavy atom. The molecular formula is C12H19NO3. The van der Waals surface area contributed by atoms with Crippen molar-refractivity contribution >= 4 is 11.9 Å². The first kappa shape index (κ1) is 11.4. The number of carboxylic acids is 1. The van der Waals surface area contributed by atoms with E-state index in [2.05, 4.69) is 12.2 Å². The molecule has 0 radical (unpaired) electrons. The van der Waals surface area contributed by atoms with Crippen molar-refractivity contribution in [1.82, 2.24) is 5.32 Å². The van der Waals surface area contributed by atoms with Gasteiger partial charge in [-0.25, -0.2) is 0 Å². The maximum atomic E-state index is 11.9. The molecule has 2 rings (SSSR count). The second kappa shape index (κ2) is 4.44. The molecule has 1 amide bonds. The number of amides is 1. The highest BCUT2D eigenvalue weighted by atomic mass is 16.4. The molecule has 2 fully saturated rings. The third-order valence-corrected chi connectivity index (χ3v) is 3.89. The van der Waals surface area contributed by atoms with Gasteiger partial charge in [0.05, 0.1) is 11.8 Å². The van der Waals surface area contributed by atoms with Gasteiger partial charge in [-0.2, -0.15) is 0 Å². The van der Waals surface area contributed by atoms with Gasteiger partial charge in [-0.1, -0.05) is 13.3 Å². The van der Waals surface area contributed by atoms with E-state index in [1.54, 1.807) is 0 Å². The molecule has 4 heteroatoms. The van der Waals surface area contributed by atoms with Gasteiger partial charge in [0, 0.05) is 6.04 Å². The van der Waals surface area contributed by atoms with Crippen LogP contribution in [0.3, 0.4) is 0 Å². The van der Waals surface area contributed by atoms with E-state index >= 15 is 0 Å². The van der Waals surface area contributed by atoms with E-state index in [4.69, 9.17) is 5.11 Å². The number of hydrogen-bond donors (Lipinski definition) is 2. The summed E-state index contributed by atoms with van der Waals surface area (Å²) in [6.45, 7) is 2.16. The summed E-state index contributed by atoms with van der Waals surface area (Å²) in [6.07, 6.45) is 4.31. The molecule has 0 heterocycles. The van der Waals surface area contributed by atoms with Crippen molar-refractivity contribution in [3.8, 4) is 0 Å². The van der Waals surface area contributed by atoms with Gasteiger partial charge in [-0.15, -0.1) is 0 Å². The lowest BCUT2D eigenvalue weighted by atomic mass is 9.81. The van der Waals surface area contributed by atoms with E-state index in [-0.39, 0.29) is 17.9 Å². The summed E-state index contributed by atoms with van der Waals surface area (Å²) in [4.78, 5) is 22.9. The second-order valence-corrected chi connectivity index (χ2v) is 5.26. The van der Waals surface area contributed by atoms with Gasteiger partial charge in [-0.05, 0) is 31.6 Å². The third kappa shape index (κ3) is 2.20. The number of carboxylic acid groups (broad SMARTS) is 1. The second-order valence-electron chi connectivity index (χ2n) is 5.26. The number of rotatable bonds is 3. The van der Waals surface area contributed by atoms with Crippen LogP contribution in [0.15, 0.2) is 0 Å². The van der Waals surface area contributed by atoms with Crippen molar-refractivity contribution in [1.29, 1.82) is 0 Å². The Labute approximate surface area is 95.4 Å². The molecule has 90 valence electrons. The molecule has 0 aliphatic heterocycles. The van der Waals surface area contributed by atoms with Crippen molar-refractivity contribution in [3.63, 3.8) is 0 Å². The van der Waals surface area contributed by atoms with Crippen LogP contribution in [-0.2, 0) is 9.59 Å². The van der Waals surface area contributed by atoms with E-state index in [1.165, 1.54) is 0 Å². The van der Waals surface area contributed by atoms with Crippen LogP contribution in [0.1, 0.15) is 39.0 Å². The highest BCUT2D eigenvalue weighted by Gasteiger charge is 2.39. The van der Waals surface area contributed by atoms with Crippen molar-refractivity contribution < 1.29 is 14.7 Å². The molecular weight excluding hydrogens is 206 g/mol. The van der Waals surface area contributed by atoms with E-state index in [0.29, 0.717) is 12.3 Å². The molecule has 0 aromatic rings. The molecule has 0 saturated heterocycles. The fourth-order valence-electron chi connectivity index (χ4n) is 2.90. The Morgan fingerprint density at radius 3 is 2.38 bits per heavy atom. The van der Waals surface area contributed by atoms with Crippen LogP contribution >= 0.6 is 0 Å². The average Bonchev–Trinajstić information content (AvgIpc) is 2.63. The van der Waals surface area contributed by atoms with Crippen LogP contribution in [-0.4, -0.2) is 23.0 Å². The van der Waals surface area contributed by atoms with E-state index in [0.717, 1.165) is 25.7 Å². The van der Waals surface area contributed by atoms with Gasteiger partial charge in [0.25, 0.3) is 0 Å². The first-order valence-electron chi connectivity index (χ1n) is 6.11. The fraction of sp³-hybridized carbons (Fsp3) is 0.833. The fourth-order valence-corrected chi connectivity index (χ4v) is 2.90. The van der Waals surface area contributed by atoms with Gasteiger partial charge in [0.2, 0.25) is 5.91 Å². The molecule has 2 atom stereocenters. The van der Waals surface area contributed by atoms with Gasteiger partial charge in [0.1, 0.15) is 0 Å². The lowest BCUT2D eigenvalue weighted by Gasteiger charge is -2.34. The Hall–Kier alpha value is -1.06. The van der Waals surface area contributed by atoms with Crippen molar-refractivity contribution in [3.05, 3.63) is 0 Å². The van der Waals surface area contributed by atoms with E-state index in [1.807, 2.05) is 0 Å². The Kier molecular flexibility index (Phi) is 3.17. The average molecular weight is 225 g/mol. The van der Waals surface area contributed by atoms with Crippen LogP contribution in [0.5, 0.6) is 0 Å². The largest absolute Gasteiger partial charge is 0.481 e. The number of carbonyl (C=O) groups excluding carboxylic acids is 1. The predicted octanol–water partition coefficient (Wildman–Crippen LogP) is 1.40. The van der Waals surface area contributed by atoms with Gasteiger partial charge >= 0.3 is 5.97 Å². The smallest absolute Gasteiger partial charge is 0.307 e. The quantitative estimate of drug-likeness (QED) is 0.763. The molecule has 2 saturated carbocycles. The molecule has 0 spiro atoms. The SMILES string of the molecule is CC1CC(NC(=O)[C@@H]2CCC[C@@H]2C(=O)O)C1. The molecule has 0 aromatic heterocycles. The number of carbonyl (C=O) groups is 2. The summed E-state index contributed by atoms with van der Waals surface area (Å²) in [7, 11) is 0. The minimum Gasteiger partial charge on any atom is -0.481 e. The standard InChI is InChI=1S/C12H19NO3/c1-7-5-8(6-7)13-11(14)9-3-2-4-10(9)12(15)16/h7-10H,2-6H2,1H3,(H,13,14)(H,15,16)/t7?,8?,9-,10+/m1/s1. The number of nitrogens with one attached hydrogen (secondary N) is 1. The summed E-state index contributed by atoms with van der Waals surface area (Å²) in [5.74, 6) is -0.920. The first-order valence-corrected chi connectivity index (χ1v) is 6.11. The Bertz CT molecular complexity index is 297. The van der Waals surface area contributed by atoms with Gasteiger partial charge in [-0.3, -0.25) is 9.59 Å². The number of aliphatic carboxylic acids is 1. The van der Waals surface area contributed by atoms with E-state index < -0.39 is 11.9 Å². The van der Waals surface area contributed by atoms with Crippen LogP contribution in [0.4, 0.5) is 0 Å². The molecule has 4 nitrogen and oxygen atoms in total. The summed E-state index contributed by atoms with van der Waals surface area (Å²) in [5, 5.41) is 12.0. The zero-order chi connectivity index (χ0) is 11.7. The molecule has 2 aliphatic rings. The monoisotopic (exact) mass is 225 g/mol. The maximum Gasteiger partial charge on any atom is 0.307 e. The third-order valence-electron chi connectivity index (χ3n) is 3.89. The molecule has 16 heavy (non-hydrogen) atoms. The molecule has 2 N–H and O–H groups in total. The summed E-state index contributed by atoms with van der Waals surface area (Å²) in [6, 6.07) is 0.289. The topological polar surface area (TPSA) is 66.4 Å². The van der Waals surface area contributed by atoms with Gasteiger partial charge in [0.15, 0.2) is 0 Å². The highest BCUT2D eigenvalue weighted by molar-refractivity contribution is 5.85. The summed E-state index contributed by atoms with van der Waals surface area (Å²) >= 11 is 0. The molecule has 2 aliphatic carbocycles. The molecule has 0 unspecified atom stereocenters. The van der Waals surface area contributed by atoms with Crippen molar-refractivity contribution in [2.45, 2.75) is 45.1 Å². The van der Waals surface area contributed by atoms with Crippen molar-refractivity contribution in [2.24, 2.45) is 17.8 Å². The van der Waals surface area contributed by atoms with Crippen LogP contribution in [0, 0.1) is 17.8 Å². The maximum absolute atomic E-state index is 11.9. The zero-order valence-corrected chi connectivity index (χ0v) is 9.61. The zero-order valence-electron chi connectivity index (χ0n) is 9.61. The minimum absolute atomic E-state index is 0.0400. The normalized spacial score (nSPS) is 37.8. The van der Waals surface area contributed by atoms with Crippen LogP contribution in [0.2, 0.25) is 0 Å². The van der Waals surface area contributed by atoms with Gasteiger partial charge < -0.3 is 10.4 Å². The molecule has 0 bridgehead atoms.